The van der Waals surface area contributed by atoms with E-state index in [0.29, 0.717) is 16.5 Å². The lowest BCUT2D eigenvalue weighted by atomic mass is 10.0. The lowest BCUT2D eigenvalue weighted by Crippen LogP contribution is -2.06. The third-order valence-corrected chi connectivity index (χ3v) is 2.72. The summed E-state index contributed by atoms with van der Waals surface area (Å²) in [6, 6.07) is 5.43. The molecule has 0 aliphatic heterocycles. The molecule has 0 spiro atoms. The van der Waals surface area contributed by atoms with E-state index in [9.17, 15) is 4.79 Å². The standard InChI is InChI=1S/C11H10BrNO2/c1-7-3-8(5-12)10(11(14)15-2)4-9(7)6-13/h3-4H,5H2,1-2H3. The molecule has 0 aliphatic rings. The number of methoxy groups -OCH3 is 1. The number of aryl methyl sites for hydroxylation is 1. The molecule has 0 atom stereocenters. The molecule has 0 aliphatic carbocycles. The minimum atomic E-state index is -0.416. The Labute approximate surface area is 96.8 Å². The normalized spacial score (nSPS) is 9.47. The number of hydrogen-bond acceptors (Lipinski definition) is 3. The van der Waals surface area contributed by atoms with Gasteiger partial charge in [0.05, 0.1) is 24.3 Å². The Bertz CT molecular complexity index is 435. The molecule has 4 heteroatoms. The van der Waals surface area contributed by atoms with Crippen LogP contribution in [0.3, 0.4) is 0 Å². The Hall–Kier alpha value is -1.34. The molecule has 1 aromatic carbocycles. The molecule has 0 fully saturated rings. The molecule has 3 nitrogen and oxygen atoms in total. The van der Waals surface area contributed by atoms with Gasteiger partial charge < -0.3 is 4.74 Å². The maximum atomic E-state index is 11.4. The zero-order valence-corrected chi connectivity index (χ0v) is 10.1. The zero-order chi connectivity index (χ0) is 11.4. The van der Waals surface area contributed by atoms with Crippen LogP contribution in [0.4, 0.5) is 0 Å². The van der Waals surface area contributed by atoms with Crippen LogP contribution >= 0.6 is 15.9 Å². The molecule has 0 saturated carbocycles. The number of rotatable bonds is 2. The Morgan fingerprint density at radius 1 is 1.60 bits per heavy atom. The number of alkyl halides is 1. The maximum Gasteiger partial charge on any atom is 0.338 e. The van der Waals surface area contributed by atoms with Crippen molar-refractivity contribution in [2.24, 2.45) is 0 Å². The Balaban J connectivity index is 3.36. The zero-order valence-electron chi connectivity index (χ0n) is 8.50. The second kappa shape index (κ2) is 4.94. The highest BCUT2D eigenvalue weighted by atomic mass is 79.9. The van der Waals surface area contributed by atoms with Crippen molar-refractivity contribution >= 4 is 21.9 Å². The number of halogens is 1. The summed E-state index contributed by atoms with van der Waals surface area (Å²) in [5.41, 5.74) is 2.63. The second-order valence-electron chi connectivity index (χ2n) is 3.06. The van der Waals surface area contributed by atoms with Gasteiger partial charge in [0.2, 0.25) is 0 Å². The van der Waals surface area contributed by atoms with Gasteiger partial charge in [-0.05, 0) is 24.1 Å². The number of ether oxygens (including phenoxy) is 1. The van der Waals surface area contributed by atoms with E-state index in [0.717, 1.165) is 11.1 Å². The van der Waals surface area contributed by atoms with E-state index < -0.39 is 5.97 Å². The van der Waals surface area contributed by atoms with Gasteiger partial charge in [-0.2, -0.15) is 5.26 Å². The smallest absolute Gasteiger partial charge is 0.338 e. The van der Waals surface area contributed by atoms with Crippen molar-refractivity contribution in [1.82, 2.24) is 0 Å². The summed E-state index contributed by atoms with van der Waals surface area (Å²) in [4.78, 5) is 11.4. The predicted molar refractivity (Wildman–Crippen MR) is 59.9 cm³/mol. The summed E-state index contributed by atoms with van der Waals surface area (Å²) in [6.45, 7) is 1.84. The fourth-order valence-corrected chi connectivity index (χ4v) is 1.76. The number of carbonyl (C=O) groups is 1. The number of esters is 1. The van der Waals surface area contributed by atoms with Gasteiger partial charge in [0, 0.05) is 5.33 Å². The number of hydrogen-bond donors (Lipinski definition) is 0. The first-order valence-electron chi connectivity index (χ1n) is 4.32. The van der Waals surface area contributed by atoms with E-state index >= 15 is 0 Å². The topological polar surface area (TPSA) is 50.1 Å². The second-order valence-corrected chi connectivity index (χ2v) is 3.62. The molecule has 0 bridgehead atoms. The van der Waals surface area contributed by atoms with E-state index in [1.807, 2.05) is 19.1 Å². The van der Waals surface area contributed by atoms with Gasteiger partial charge in [0.1, 0.15) is 0 Å². The number of benzene rings is 1. The van der Waals surface area contributed by atoms with Crippen LogP contribution in [0, 0.1) is 18.3 Å². The van der Waals surface area contributed by atoms with Crippen molar-refractivity contribution in [2.45, 2.75) is 12.3 Å². The van der Waals surface area contributed by atoms with Crippen LogP contribution in [0.15, 0.2) is 12.1 Å². The summed E-state index contributed by atoms with van der Waals surface area (Å²) in [7, 11) is 1.33. The summed E-state index contributed by atoms with van der Waals surface area (Å²) in [6.07, 6.45) is 0. The first-order chi connectivity index (χ1) is 7.13. The molecular formula is C11H10BrNO2. The van der Waals surface area contributed by atoms with Crippen LogP contribution in [0.1, 0.15) is 27.0 Å². The molecule has 0 saturated heterocycles. The van der Waals surface area contributed by atoms with Crippen LogP contribution < -0.4 is 0 Å². The highest BCUT2D eigenvalue weighted by molar-refractivity contribution is 9.08. The molecular weight excluding hydrogens is 258 g/mol. The van der Waals surface area contributed by atoms with E-state index in [4.69, 9.17) is 5.26 Å². The van der Waals surface area contributed by atoms with Crippen molar-refractivity contribution in [3.05, 3.63) is 34.4 Å². The molecule has 78 valence electrons. The van der Waals surface area contributed by atoms with Gasteiger partial charge in [0.15, 0.2) is 0 Å². The molecule has 0 N–H and O–H groups in total. The maximum absolute atomic E-state index is 11.4. The Kier molecular flexibility index (Phi) is 3.87. The Morgan fingerprint density at radius 2 is 2.27 bits per heavy atom. The van der Waals surface area contributed by atoms with Crippen LogP contribution in [0.2, 0.25) is 0 Å². The molecule has 1 aromatic rings. The van der Waals surface area contributed by atoms with Crippen molar-refractivity contribution in [3.8, 4) is 6.07 Å². The van der Waals surface area contributed by atoms with Gasteiger partial charge in [-0.15, -0.1) is 0 Å². The van der Waals surface area contributed by atoms with Crippen LogP contribution in [0.25, 0.3) is 0 Å². The van der Waals surface area contributed by atoms with Gasteiger partial charge >= 0.3 is 5.97 Å². The van der Waals surface area contributed by atoms with E-state index in [1.54, 1.807) is 6.07 Å². The van der Waals surface area contributed by atoms with E-state index in [1.165, 1.54) is 7.11 Å². The average molecular weight is 268 g/mol. The molecule has 0 radical (unpaired) electrons. The lowest BCUT2D eigenvalue weighted by molar-refractivity contribution is 0.0600. The summed E-state index contributed by atoms with van der Waals surface area (Å²) in [5, 5.41) is 9.41. The number of nitriles is 1. The van der Waals surface area contributed by atoms with Gasteiger partial charge in [0.25, 0.3) is 0 Å². The van der Waals surface area contributed by atoms with E-state index in [-0.39, 0.29) is 0 Å². The highest BCUT2D eigenvalue weighted by Gasteiger charge is 2.13. The molecule has 0 aromatic heterocycles. The van der Waals surface area contributed by atoms with Gasteiger partial charge in [-0.3, -0.25) is 0 Å². The number of carbonyl (C=O) groups excluding carboxylic acids is 1. The van der Waals surface area contributed by atoms with Crippen molar-refractivity contribution in [3.63, 3.8) is 0 Å². The van der Waals surface area contributed by atoms with Gasteiger partial charge in [-0.1, -0.05) is 22.0 Å². The molecule has 0 unspecified atom stereocenters. The largest absolute Gasteiger partial charge is 0.465 e. The van der Waals surface area contributed by atoms with Crippen LogP contribution in [-0.4, -0.2) is 13.1 Å². The molecule has 0 amide bonds. The Morgan fingerprint density at radius 3 is 2.73 bits per heavy atom. The quantitative estimate of drug-likeness (QED) is 0.611. The average Bonchev–Trinajstić information content (AvgIpc) is 2.27. The molecule has 0 heterocycles. The minimum absolute atomic E-state index is 0.416. The first-order valence-corrected chi connectivity index (χ1v) is 5.44. The molecule has 15 heavy (non-hydrogen) atoms. The minimum Gasteiger partial charge on any atom is -0.465 e. The lowest BCUT2D eigenvalue weighted by Gasteiger charge is -2.07. The highest BCUT2D eigenvalue weighted by Crippen LogP contribution is 2.19. The van der Waals surface area contributed by atoms with Crippen molar-refractivity contribution in [2.75, 3.05) is 7.11 Å². The SMILES string of the molecule is COC(=O)c1cc(C#N)c(C)cc1CBr. The molecule has 1 rings (SSSR count). The van der Waals surface area contributed by atoms with Crippen LogP contribution in [-0.2, 0) is 10.1 Å². The third kappa shape index (κ3) is 2.37. The number of nitrogens with zero attached hydrogens (tertiary/aromatic N) is 1. The van der Waals surface area contributed by atoms with Crippen molar-refractivity contribution < 1.29 is 9.53 Å². The summed E-state index contributed by atoms with van der Waals surface area (Å²) in [5.74, 6) is -0.416. The van der Waals surface area contributed by atoms with E-state index in [2.05, 4.69) is 20.7 Å². The third-order valence-electron chi connectivity index (χ3n) is 2.12. The first kappa shape index (κ1) is 11.7. The van der Waals surface area contributed by atoms with Crippen molar-refractivity contribution in [1.29, 1.82) is 5.26 Å². The summed E-state index contributed by atoms with van der Waals surface area (Å²) >= 11 is 3.30. The summed E-state index contributed by atoms with van der Waals surface area (Å²) < 4.78 is 4.65. The fraction of sp³-hybridized carbons (Fsp3) is 0.273. The monoisotopic (exact) mass is 267 g/mol. The van der Waals surface area contributed by atoms with Gasteiger partial charge in [-0.25, -0.2) is 4.79 Å². The van der Waals surface area contributed by atoms with Crippen LogP contribution in [0.5, 0.6) is 0 Å². The predicted octanol–water partition coefficient (Wildman–Crippen LogP) is 2.55. The fourth-order valence-electron chi connectivity index (χ4n) is 1.30.